The van der Waals surface area contributed by atoms with Crippen LogP contribution in [0.5, 0.6) is 0 Å². The summed E-state index contributed by atoms with van der Waals surface area (Å²) in [5, 5.41) is 13.5. The standard InChI is InChI=1S/C19H37N2O/c1-4-6-7-8-9-10-11-12-13-14-15-19-20-16-17-21(19,5-2)18(3)22/h9-10,16-20,22H,4-8,11-15H2,1-3H3/q+1/b10-9+. The van der Waals surface area contributed by atoms with Gasteiger partial charge < -0.3 is 10.4 Å². The van der Waals surface area contributed by atoms with Gasteiger partial charge in [-0.1, -0.05) is 38.3 Å². The monoisotopic (exact) mass is 309 g/mol. The maximum Gasteiger partial charge on any atom is 0.193 e. The number of nitrogens with zero attached hydrogens (tertiary/aromatic N) is 1. The van der Waals surface area contributed by atoms with Crippen LogP contribution in [0.1, 0.15) is 78.6 Å². The van der Waals surface area contributed by atoms with E-state index in [-0.39, 0.29) is 6.23 Å². The third-order valence-electron chi connectivity index (χ3n) is 4.95. The van der Waals surface area contributed by atoms with Gasteiger partial charge in [0.05, 0.1) is 12.7 Å². The molecule has 3 unspecified atom stereocenters. The predicted molar refractivity (Wildman–Crippen MR) is 94.9 cm³/mol. The third-order valence-corrected chi connectivity index (χ3v) is 4.95. The lowest BCUT2D eigenvalue weighted by Gasteiger charge is -2.39. The van der Waals surface area contributed by atoms with Crippen LogP contribution in [-0.2, 0) is 0 Å². The Morgan fingerprint density at radius 3 is 2.36 bits per heavy atom. The molecule has 0 spiro atoms. The van der Waals surface area contributed by atoms with E-state index < -0.39 is 0 Å². The number of allylic oxidation sites excluding steroid dienone is 2. The predicted octanol–water partition coefficient (Wildman–Crippen LogP) is 4.65. The Hall–Kier alpha value is -0.800. The highest BCUT2D eigenvalue weighted by Gasteiger charge is 2.40. The average Bonchev–Trinajstić information content (AvgIpc) is 2.93. The van der Waals surface area contributed by atoms with E-state index in [4.69, 9.17) is 0 Å². The van der Waals surface area contributed by atoms with Crippen LogP contribution in [0, 0.1) is 0 Å². The molecule has 1 heterocycles. The third kappa shape index (κ3) is 5.77. The molecule has 0 aromatic heterocycles. The number of aliphatic hydroxyl groups is 1. The highest BCUT2D eigenvalue weighted by atomic mass is 16.3. The first-order chi connectivity index (χ1) is 10.7. The van der Waals surface area contributed by atoms with Crippen molar-refractivity contribution >= 4 is 0 Å². The van der Waals surface area contributed by atoms with Gasteiger partial charge in [0.15, 0.2) is 12.4 Å². The molecule has 0 aromatic rings. The van der Waals surface area contributed by atoms with Crippen molar-refractivity contribution in [3.63, 3.8) is 0 Å². The van der Waals surface area contributed by atoms with E-state index in [0.717, 1.165) is 13.0 Å². The van der Waals surface area contributed by atoms with Crippen LogP contribution in [-0.4, -0.2) is 28.5 Å². The van der Waals surface area contributed by atoms with Crippen molar-refractivity contribution in [1.29, 1.82) is 0 Å². The van der Waals surface area contributed by atoms with Gasteiger partial charge in [-0.05, 0) is 39.0 Å². The van der Waals surface area contributed by atoms with Gasteiger partial charge in [0.2, 0.25) is 0 Å². The van der Waals surface area contributed by atoms with Crippen LogP contribution < -0.4 is 5.32 Å². The SMILES string of the molecule is CCCCC/C=C/CCCCCC1NC=C[N+]1(CC)C(C)O. The molecule has 3 atom stereocenters. The number of hydrogen-bond acceptors (Lipinski definition) is 2. The molecule has 0 bridgehead atoms. The Morgan fingerprint density at radius 2 is 1.77 bits per heavy atom. The molecule has 1 aliphatic rings. The summed E-state index contributed by atoms with van der Waals surface area (Å²) in [6.07, 6.45) is 20.2. The molecule has 0 fully saturated rings. The molecule has 1 aliphatic heterocycles. The number of unbranched alkanes of at least 4 members (excludes halogenated alkanes) is 6. The summed E-state index contributed by atoms with van der Waals surface area (Å²) in [5.74, 6) is 0. The lowest BCUT2D eigenvalue weighted by Crippen LogP contribution is -2.57. The Balaban J connectivity index is 2.12. The van der Waals surface area contributed by atoms with Gasteiger partial charge in [-0.25, -0.2) is 0 Å². The lowest BCUT2D eigenvalue weighted by molar-refractivity contribution is -0.942. The number of aliphatic hydroxyl groups excluding tert-OH is 1. The largest absolute Gasteiger partial charge is 0.345 e. The van der Waals surface area contributed by atoms with Crippen LogP contribution >= 0.6 is 0 Å². The van der Waals surface area contributed by atoms with E-state index in [0.29, 0.717) is 10.6 Å². The summed E-state index contributed by atoms with van der Waals surface area (Å²) >= 11 is 0. The van der Waals surface area contributed by atoms with Gasteiger partial charge in [0.1, 0.15) is 6.20 Å². The number of hydrogen-bond donors (Lipinski definition) is 2. The average molecular weight is 310 g/mol. The highest BCUT2D eigenvalue weighted by molar-refractivity contribution is 4.85. The Kier molecular flexibility index (Phi) is 9.49. The summed E-state index contributed by atoms with van der Waals surface area (Å²) in [4.78, 5) is 0. The van der Waals surface area contributed by atoms with E-state index in [2.05, 4.69) is 37.5 Å². The van der Waals surface area contributed by atoms with Gasteiger partial charge in [-0.2, -0.15) is 0 Å². The van der Waals surface area contributed by atoms with Gasteiger partial charge in [0.25, 0.3) is 0 Å². The summed E-state index contributed by atoms with van der Waals surface area (Å²) in [6, 6.07) is 0. The second kappa shape index (κ2) is 10.8. The fraction of sp³-hybridized carbons (Fsp3) is 0.789. The van der Waals surface area contributed by atoms with Gasteiger partial charge >= 0.3 is 0 Å². The molecule has 3 nitrogen and oxygen atoms in total. The van der Waals surface area contributed by atoms with E-state index in [1.165, 1.54) is 51.4 Å². The van der Waals surface area contributed by atoms with Crippen molar-refractivity contribution in [3.05, 3.63) is 24.6 Å². The fourth-order valence-corrected chi connectivity index (χ4v) is 3.36. The maximum absolute atomic E-state index is 10.1. The van der Waals surface area contributed by atoms with Gasteiger partial charge in [0, 0.05) is 13.3 Å². The van der Waals surface area contributed by atoms with Crippen LogP contribution in [0.4, 0.5) is 0 Å². The first-order valence-corrected chi connectivity index (χ1v) is 9.31. The molecule has 0 radical (unpaired) electrons. The Bertz CT molecular complexity index is 338. The molecule has 2 N–H and O–H groups in total. The molecule has 3 heteroatoms. The normalized spacial score (nSPS) is 25.7. The molecule has 0 amide bonds. The Labute approximate surface area is 137 Å². The second-order valence-corrected chi connectivity index (χ2v) is 6.55. The molecule has 1 rings (SSSR count). The first kappa shape index (κ1) is 19.2. The molecule has 22 heavy (non-hydrogen) atoms. The summed E-state index contributed by atoms with van der Waals surface area (Å²) in [5.41, 5.74) is 0. The van der Waals surface area contributed by atoms with E-state index in [9.17, 15) is 5.11 Å². The van der Waals surface area contributed by atoms with E-state index >= 15 is 0 Å². The number of nitrogens with one attached hydrogen (secondary N) is 1. The van der Waals surface area contributed by atoms with Crippen LogP contribution in [0.15, 0.2) is 24.6 Å². The number of quaternary nitrogens is 1. The fourth-order valence-electron chi connectivity index (χ4n) is 3.36. The summed E-state index contributed by atoms with van der Waals surface area (Å²) in [7, 11) is 0. The van der Waals surface area contributed by atoms with Crippen molar-refractivity contribution in [3.8, 4) is 0 Å². The topological polar surface area (TPSA) is 32.3 Å². The van der Waals surface area contributed by atoms with Crippen molar-refractivity contribution in [2.75, 3.05) is 6.54 Å². The molecular formula is C19H37N2O+. The first-order valence-electron chi connectivity index (χ1n) is 9.31. The van der Waals surface area contributed by atoms with Crippen LogP contribution in [0.3, 0.4) is 0 Å². The van der Waals surface area contributed by atoms with E-state index in [1.807, 2.05) is 13.1 Å². The van der Waals surface area contributed by atoms with E-state index in [1.54, 1.807) is 0 Å². The molecular weight excluding hydrogens is 272 g/mol. The number of rotatable bonds is 12. The lowest BCUT2D eigenvalue weighted by atomic mass is 10.1. The Morgan fingerprint density at radius 1 is 1.09 bits per heavy atom. The molecule has 128 valence electrons. The minimum absolute atomic E-state index is 0.340. The highest BCUT2D eigenvalue weighted by Crippen LogP contribution is 2.25. The zero-order valence-corrected chi connectivity index (χ0v) is 14.9. The van der Waals surface area contributed by atoms with Crippen molar-refractivity contribution < 1.29 is 9.59 Å². The molecule has 0 saturated carbocycles. The quantitative estimate of drug-likeness (QED) is 0.312. The van der Waals surface area contributed by atoms with Crippen molar-refractivity contribution in [1.82, 2.24) is 5.32 Å². The van der Waals surface area contributed by atoms with Crippen molar-refractivity contribution in [2.45, 2.75) is 91.0 Å². The zero-order valence-electron chi connectivity index (χ0n) is 14.9. The minimum Gasteiger partial charge on any atom is -0.345 e. The minimum atomic E-state index is -0.340. The van der Waals surface area contributed by atoms with Crippen molar-refractivity contribution in [2.24, 2.45) is 0 Å². The molecule has 0 aromatic carbocycles. The summed E-state index contributed by atoms with van der Waals surface area (Å²) in [6.45, 7) is 7.24. The summed E-state index contributed by atoms with van der Waals surface area (Å²) < 4.78 is 0.664. The van der Waals surface area contributed by atoms with Gasteiger partial charge in [-0.3, -0.25) is 4.48 Å². The maximum atomic E-state index is 10.1. The van der Waals surface area contributed by atoms with Gasteiger partial charge in [-0.15, -0.1) is 0 Å². The van der Waals surface area contributed by atoms with Crippen LogP contribution in [0.25, 0.3) is 0 Å². The van der Waals surface area contributed by atoms with Crippen LogP contribution in [0.2, 0.25) is 0 Å². The molecule has 0 aliphatic carbocycles. The molecule has 0 saturated heterocycles. The second-order valence-electron chi connectivity index (χ2n) is 6.55. The zero-order chi connectivity index (χ0) is 16.3. The smallest absolute Gasteiger partial charge is 0.193 e.